The third-order valence-corrected chi connectivity index (χ3v) is 6.46. The Balaban J connectivity index is 1.69. The van der Waals surface area contributed by atoms with Crippen LogP contribution in [0.2, 0.25) is 0 Å². The molecule has 0 radical (unpaired) electrons. The molecular formula is C27H36N4O5. The molecule has 0 amide bonds. The van der Waals surface area contributed by atoms with Gasteiger partial charge in [-0.15, -0.1) is 0 Å². The zero-order valence-electron chi connectivity index (χ0n) is 21.7. The highest BCUT2D eigenvalue weighted by atomic mass is 16.5. The average Bonchev–Trinajstić information content (AvgIpc) is 3.45. The number of hydrogen-bond acceptors (Lipinski definition) is 7. The standard InChI is InChI=1S/C27H36N4O5/c1-16(2)36-27(34)24(18(4)32)28-13-19-8-9-22-23(12-19)31(15-21-7-6-10-35-21)25(29-22)20-11-17(3)26(33)30(5)14-20/h8-9,11-12,14,16,18,21,24,28,32H,6-7,10,13,15H2,1-5H3/t18-,21-,24-/m0/s1. The highest BCUT2D eigenvalue weighted by Crippen LogP contribution is 2.28. The Kier molecular flexibility index (Phi) is 7.92. The topological polar surface area (TPSA) is 108 Å². The van der Waals surface area contributed by atoms with Crippen molar-refractivity contribution in [3.8, 4) is 11.4 Å². The summed E-state index contributed by atoms with van der Waals surface area (Å²) in [4.78, 5) is 29.6. The fourth-order valence-electron chi connectivity index (χ4n) is 4.66. The summed E-state index contributed by atoms with van der Waals surface area (Å²) in [5.41, 5.74) is 4.23. The van der Waals surface area contributed by atoms with Gasteiger partial charge in [-0.25, -0.2) is 4.98 Å². The Hall–Kier alpha value is -3.01. The summed E-state index contributed by atoms with van der Waals surface area (Å²) in [7, 11) is 1.75. The van der Waals surface area contributed by atoms with Crippen LogP contribution in [0.4, 0.5) is 0 Å². The summed E-state index contributed by atoms with van der Waals surface area (Å²) in [6.45, 7) is 8.73. The van der Waals surface area contributed by atoms with Gasteiger partial charge in [-0.2, -0.15) is 0 Å². The van der Waals surface area contributed by atoms with E-state index < -0.39 is 18.1 Å². The molecule has 36 heavy (non-hydrogen) atoms. The molecule has 0 spiro atoms. The molecule has 4 rings (SSSR count). The van der Waals surface area contributed by atoms with Gasteiger partial charge in [0, 0.05) is 37.5 Å². The number of pyridine rings is 1. The number of hydrogen-bond donors (Lipinski definition) is 2. The number of aliphatic hydroxyl groups excluding tert-OH is 1. The number of ether oxygens (including phenoxy) is 2. The van der Waals surface area contributed by atoms with Crippen LogP contribution in [-0.4, -0.2) is 56.2 Å². The minimum atomic E-state index is -0.899. The summed E-state index contributed by atoms with van der Waals surface area (Å²) in [6.07, 6.45) is 2.78. The number of carbonyl (C=O) groups is 1. The quantitative estimate of drug-likeness (QED) is 0.439. The van der Waals surface area contributed by atoms with E-state index >= 15 is 0 Å². The molecule has 0 saturated carbocycles. The Morgan fingerprint density at radius 3 is 2.72 bits per heavy atom. The minimum absolute atomic E-state index is 0.0300. The summed E-state index contributed by atoms with van der Waals surface area (Å²) in [6, 6.07) is 7.02. The van der Waals surface area contributed by atoms with Crippen LogP contribution >= 0.6 is 0 Å². The third-order valence-electron chi connectivity index (χ3n) is 6.46. The highest BCUT2D eigenvalue weighted by Gasteiger charge is 2.26. The molecule has 3 heterocycles. The van der Waals surface area contributed by atoms with Gasteiger partial charge in [0.25, 0.3) is 5.56 Å². The molecule has 1 aliphatic heterocycles. The normalized spacial score (nSPS) is 17.6. The fraction of sp³-hybridized carbons (Fsp3) is 0.519. The van der Waals surface area contributed by atoms with Crippen LogP contribution < -0.4 is 10.9 Å². The molecule has 1 saturated heterocycles. The maximum atomic E-state index is 12.4. The number of rotatable bonds is 9. The molecule has 9 nitrogen and oxygen atoms in total. The number of benzene rings is 1. The average molecular weight is 497 g/mol. The molecule has 3 atom stereocenters. The van der Waals surface area contributed by atoms with E-state index in [4.69, 9.17) is 14.5 Å². The summed E-state index contributed by atoms with van der Waals surface area (Å²) in [5.74, 6) is 0.309. The Labute approximate surface area is 211 Å². The maximum Gasteiger partial charge on any atom is 0.326 e. The molecule has 2 N–H and O–H groups in total. The van der Waals surface area contributed by atoms with Crippen molar-refractivity contribution >= 4 is 17.0 Å². The fourth-order valence-corrected chi connectivity index (χ4v) is 4.66. The lowest BCUT2D eigenvalue weighted by Gasteiger charge is -2.21. The van der Waals surface area contributed by atoms with E-state index in [1.54, 1.807) is 32.4 Å². The van der Waals surface area contributed by atoms with E-state index in [1.807, 2.05) is 31.3 Å². The van der Waals surface area contributed by atoms with E-state index in [2.05, 4.69) is 16.0 Å². The molecule has 2 aromatic heterocycles. The Morgan fingerprint density at radius 1 is 1.31 bits per heavy atom. The van der Waals surface area contributed by atoms with Gasteiger partial charge in [0.1, 0.15) is 11.9 Å². The van der Waals surface area contributed by atoms with Crippen molar-refractivity contribution < 1.29 is 19.4 Å². The van der Waals surface area contributed by atoms with Crippen molar-refractivity contribution in [2.24, 2.45) is 7.05 Å². The number of nitrogens with one attached hydrogen (secondary N) is 1. The predicted octanol–water partition coefficient (Wildman–Crippen LogP) is 2.68. The molecule has 194 valence electrons. The monoisotopic (exact) mass is 496 g/mol. The van der Waals surface area contributed by atoms with Crippen molar-refractivity contribution in [1.29, 1.82) is 0 Å². The zero-order valence-corrected chi connectivity index (χ0v) is 21.7. The summed E-state index contributed by atoms with van der Waals surface area (Å²) in [5, 5.41) is 13.3. The van der Waals surface area contributed by atoms with E-state index in [0.717, 1.165) is 47.4 Å². The van der Waals surface area contributed by atoms with Gasteiger partial charge in [-0.1, -0.05) is 6.07 Å². The lowest BCUT2D eigenvalue weighted by Crippen LogP contribution is -2.46. The van der Waals surface area contributed by atoms with Crippen molar-refractivity contribution in [2.75, 3.05) is 6.61 Å². The first kappa shape index (κ1) is 26.1. The van der Waals surface area contributed by atoms with Crippen molar-refractivity contribution in [2.45, 2.75) is 78.0 Å². The first-order valence-corrected chi connectivity index (χ1v) is 12.5. The van der Waals surface area contributed by atoms with Gasteiger partial charge in [0.15, 0.2) is 0 Å². The largest absolute Gasteiger partial charge is 0.462 e. The van der Waals surface area contributed by atoms with Gasteiger partial charge in [-0.05, 0) is 64.3 Å². The van der Waals surface area contributed by atoms with Crippen LogP contribution in [0.25, 0.3) is 22.4 Å². The first-order valence-electron chi connectivity index (χ1n) is 12.5. The van der Waals surface area contributed by atoms with Gasteiger partial charge in [0.05, 0.1) is 35.9 Å². The Morgan fingerprint density at radius 2 is 2.08 bits per heavy atom. The van der Waals surface area contributed by atoms with Crippen LogP contribution in [0, 0.1) is 6.92 Å². The second-order valence-corrected chi connectivity index (χ2v) is 9.92. The second-order valence-electron chi connectivity index (χ2n) is 9.92. The van der Waals surface area contributed by atoms with Gasteiger partial charge in [0.2, 0.25) is 0 Å². The number of fused-ring (bicyclic) bond motifs is 1. The molecule has 3 aromatic rings. The van der Waals surface area contributed by atoms with Crippen molar-refractivity contribution in [1.82, 2.24) is 19.4 Å². The smallest absolute Gasteiger partial charge is 0.326 e. The number of aromatic nitrogens is 3. The molecule has 1 fully saturated rings. The molecule has 0 bridgehead atoms. The van der Waals surface area contributed by atoms with E-state index in [0.29, 0.717) is 18.7 Å². The molecule has 1 aliphatic rings. The van der Waals surface area contributed by atoms with Gasteiger partial charge >= 0.3 is 5.97 Å². The van der Waals surface area contributed by atoms with E-state index in [1.165, 1.54) is 0 Å². The number of aryl methyl sites for hydroxylation is 2. The van der Waals surface area contributed by atoms with Crippen LogP contribution in [0.1, 0.15) is 44.7 Å². The van der Waals surface area contributed by atoms with E-state index in [9.17, 15) is 14.7 Å². The lowest BCUT2D eigenvalue weighted by atomic mass is 10.1. The van der Waals surface area contributed by atoms with E-state index in [-0.39, 0.29) is 17.8 Å². The van der Waals surface area contributed by atoms with Crippen LogP contribution in [0.5, 0.6) is 0 Å². The molecule has 1 aromatic carbocycles. The lowest BCUT2D eigenvalue weighted by molar-refractivity contribution is -0.152. The summed E-state index contributed by atoms with van der Waals surface area (Å²) < 4.78 is 15.0. The first-order chi connectivity index (χ1) is 17.1. The summed E-state index contributed by atoms with van der Waals surface area (Å²) >= 11 is 0. The number of nitrogens with zero attached hydrogens (tertiary/aromatic N) is 3. The third kappa shape index (κ3) is 5.69. The second kappa shape index (κ2) is 10.9. The Bertz CT molecular complexity index is 1260. The number of imidazole rings is 1. The number of aliphatic hydroxyl groups is 1. The maximum absolute atomic E-state index is 12.4. The van der Waals surface area contributed by atoms with Gasteiger partial charge in [-0.3, -0.25) is 14.9 Å². The van der Waals surface area contributed by atoms with Crippen LogP contribution in [0.3, 0.4) is 0 Å². The van der Waals surface area contributed by atoms with Crippen LogP contribution in [0.15, 0.2) is 35.3 Å². The molecule has 9 heteroatoms. The highest BCUT2D eigenvalue weighted by molar-refractivity contribution is 5.81. The van der Waals surface area contributed by atoms with Crippen molar-refractivity contribution in [3.05, 3.63) is 51.9 Å². The minimum Gasteiger partial charge on any atom is -0.462 e. The van der Waals surface area contributed by atoms with Crippen LogP contribution in [-0.2, 0) is 34.4 Å². The predicted molar refractivity (Wildman–Crippen MR) is 138 cm³/mol. The molecular weight excluding hydrogens is 460 g/mol. The molecule has 0 unspecified atom stereocenters. The molecule has 0 aliphatic carbocycles. The van der Waals surface area contributed by atoms with Gasteiger partial charge < -0.3 is 23.7 Å². The number of carbonyl (C=O) groups excluding carboxylic acids is 1. The van der Waals surface area contributed by atoms with Crippen molar-refractivity contribution in [3.63, 3.8) is 0 Å². The number of esters is 1. The SMILES string of the molecule is Cc1cc(-c2nc3ccc(CN[C@H](C(=O)OC(C)C)[C@H](C)O)cc3n2C[C@@H]2CCCO2)cn(C)c1=O. The zero-order chi connectivity index (χ0) is 26.0.